The maximum Gasteiger partial charge on any atom is 0.234 e. The molecule has 0 radical (unpaired) electrons. The van der Waals surface area contributed by atoms with Crippen LogP contribution in [0.1, 0.15) is 11.1 Å². The first kappa shape index (κ1) is 15.1. The highest BCUT2D eigenvalue weighted by atomic mass is 79.9. The van der Waals surface area contributed by atoms with Gasteiger partial charge in [0.2, 0.25) is 5.91 Å². The van der Waals surface area contributed by atoms with Crippen molar-refractivity contribution in [1.82, 2.24) is 0 Å². The highest BCUT2D eigenvalue weighted by Gasteiger charge is 2.05. The lowest BCUT2D eigenvalue weighted by atomic mass is 10.2. The van der Waals surface area contributed by atoms with E-state index in [1.165, 1.54) is 5.56 Å². The van der Waals surface area contributed by atoms with Gasteiger partial charge in [-0.2, -0.15) is 0 Å². The van der Waals surface area contributed by atoms with Gasteiger partial charge in [-0.15, -0.1) is 11.8 Å². The smallest absolute Gasteiger partial charge is 0.234 e. The number of thioether (sulfide) groups is 1. The van der Waals surface area contributed by atoms with Gasteiger partial charge in [-0.05, 0) is 36.2 Å². The predicted octanol–water partition coefficient (Wildman–Crippen LogP) is 4.63. The zero-order valence-corrected chi connectivity index (χ0v) is 13.6. The number of carbonyl (C=O) groups is 1. The van der Waals surface area contributed by atoms with Crippen molar-refractivity contribution in [2.45, 2.75) is 12.7 Å². The van der Waals surface area contributed by atoms with Gasteiger partial charge in [-0.1, -0.05) is 46.3 Å². The van der Waals surface area contributed by atoms with Crippen LogP contribution in [0, 0.1) is 6.92 Å². The van der Waals surface area contributed by atoms with Crippen molar-refractivity contribution >= 4 is 39.3 Å². The van der Waals surface area contributed by atoms with Gasteiger partial charge in [-0.25, -0.2) is 0 Å². The molecule has 1 N–H and O–H groups in total. The highest BCUT2D eigenvalue weighted by Crippen LogP contribution is 2.20. The van der Waals surface area contributed by atoms with Crippen molar-refractivity contribution in [3.63, 3.8) is 0 Å². The molecule has 0 atom stereocenters. The predicted molar refractivity (Wildman–Crippen MR) is 90.1 cm³/mol. The van der Waals surface area contributed by atoms with Crippen LogP contribution in [0.15, 0.2) is 53.0 Å². The third-order valence-corrected chi connectivity index (χ3v) is 4.30. The molecule has 0 fully saturated rings. The first-order valence-electron chi connectivity index (χ1n) is 6.33. The quantitative estimate of drug-likeness (QED) is 0.852. The Labute approximate surface area is 132 Å². The number of benzene rings is 2. The molecule has 0 heterocycles. The fourth-order valence-electron chi connectivity index (χ4n) is 1.79. The fourth-order valence-corrected chi connectivity index (χ4v) is 3.05. The van der Waals surface area contributed by atoms with Crippen LogP contribution >= 0.6 is 27.7 Å². The number of rotatable bonds is 5. The highest BCUT2D eigenvalue weighted by molar-refractivity contribution is 9.10. The number of amides is 1. The van der Waals surface area contributed by atoms with Crippen molar-refractivity contribution < 1.29 is 4.79 Å². The average Bonchev–Trinajstić information content (AvgIpc) is 2.43. The Kier molecular flexibility index (Phi) is 5.68. The van der Waals surface area contributed by atoms with Crippen LogP contribution in [0.3, 0.4) is 0 Å². The van der Waals surface area contributed by atoms with Gasteiger partial charge in [0.25, 0.3) is 0 Å². The molecule has 0 spiro atoms. The molecular weight excluding hydrogens is 334 g/mol. The van der Waals surface area contributed by atoms with Crippen LogP contribution < -0.4 is 5.32 Å². The van der Waals surface area contributed by atoms with Crippen LogP contribution in [0.2, 0.25) is 0 Å². The van der Waals surface area contributed by atoms with E-state index in [-0.39, 0.29) is 5.91 Å². The number of hydrogen-bond acceptors (Lipinski definition) is 2. The van der Waals surface area contributed by atoms with Crippen molar-refractivity contribution in [3.8, 4) is 0 Å². The lowest BCUT2D eigenvalue weighted by Gasteiger charge is -2.08. The van der Waals surface area contributed by atoms with E-state index in [0.29, 0.717) is 5.75 Å². The molecule has 0 aliphatic rings. The minimum Gasteiger partial charge on any atom is -0.325 e. The monoisotopic (exact) mass is 349 g/mol. The normalized spacial score (nSPS) is 10.3. The largest absolute Gasteiger partial charge is 0.325 e. The van der Waals surface area contributed by atoms with Gasteiger partial charge in [0.1, 0.15) is 0 Å². The summed E-state index contributed by atoms with van der Waals surface area (Å²) < 4.78 is 1.02. The second-order valence-electron chi connectivity index (χ2n) is 4.49. The van der Waals surface area contributed by atoms with Gasteiger partial charge in [-0.3, -0.25) is 4.79 Å². The fraction of sp³-hybridized carbons (Fsp3) is 0.188. The summed E-state index contributed by atoms with van der Waals surface area (Å²) in [6.07, 6.45) is 0. The Morgan fingerprint density at radius 1 is 1.20 bits per heavy atom. The van der Waals surface area contributed by atoms with E-state index in [4.69, 9.17) is 0 Å². The Balaban J connectivity index is 1.81. The SMILES string of the molecule is Cc1cc(Br)ccc1NC(=O)CSCc1ccccc1. The topological polar surface area (TPSA) is 29.1 Å². The third kappa shape index (κ3) is 4.69. The molecule has 2 rings (SSSR count). The zero-order valence-electron chi connectivity index (χ0n) is 11.2. The molecule has 2 aromatic rings. The Hall–Kier alpha value is -1.26. The summed E-state index contributed by atoms with van der Waals surface area (Å²) in [5, 5.41) is 2.94. The lowest BCUT2D eigenvalue weighted by molar-refractivity contribution is -0.113. The molecule has 2 nitrogen and oxygen atoms in total. The molecule has 0 aliphatic carbocycles. The Bertz CT molecular complexity index is 586. The maximum atomic E-state index is 11.9. The van der Waals surface area contributed by atoms with E-state index < -0.39 is 0 Å². The van der Waals surface area contributed by atoms with Gasteiger partial charge >= 0.3 is 0 Å². The van der Waals surface area contributed by atoms with Crippen molar-refractivity contribution in [2.75, 3.05) is 11.1 Å². The number of carbonyl (C=O) groups excluding carboxylic acids is 1. The Morgan fingerprint density at radius 2 is 1.95 bits per heavy atom. The van der Waals surface area contributed by atoms with E-state index in [1.54, 1.807) is 11.8 Å². The first-order chi connectivity index (χ1) is 9.65. The third-order valence-electron chi connectivity index (χ3n) is 2.81. The number of halogens is 1. The Morgan fingerprint density at radius 3 is 2.65 bits per heavy atom. The minimum atomic E-state index is 0.0383. The molecule has 0 aliphatic heterocycles. The van der Waals surface area contributed by atoms with Gasteiger partial charge in [0.05, 0.1) is 5.75 Å². The summed E-state index contributed by atoms with van der Waals surface area (Å²) in [7, 11) is 0. The molecular formula is C16H16BrNOS. The standard InChI is InChI=1S/C16H16BrNOS/c1-12-9-14(17)7-8-15(12)18-16(19)11-20-10-13-5-3-2-4-6-13/h2-9H,10-11H2,1H3,(H,18,19). The van der Waals surface area contributed by atoms with Crippen LogP contribution in [0.25, 0.3) is 0 Å². The first-order valence-corrected chi connectivity index (χ1v) is 8.27. The summed E-state index contributed by atoms with van der Waals surface area (Å²) in [6, 6.07) is 16.0. The van der Waals surface area contributed by atoms with Crippen LogP contribution in [-0.4, -0.2) is 11.7 Å². The second-order valence-corrected chi connectivity index (χ2v) is 6.39. The van der Waals surface area contributed by atoms with E-state index >= 15 is 0 Å². The molecule has 0 unspecified atom stereocenters. The molecule has 20 heavy (non-hydrogen) atoms. The van der Waals surface area contributed by atoms with E-state index in [0.717, 1.165) is 21.5 Å². The number of aryl methyl sites for hydroxylation is 1. The summed E-state index contributed by atoms with van der Waals surface area (Å²) in [6.45, 7) is 1.98. The molecule has 0 saturated heterocycles. The summed E-state index contributed by atoms with van der Waals surface area (Å²) in [5.74, 6) is 1.36. The molecule has 4 heteroatoms. The molecule has 0 aromatic heterocycles. The molecule has 104 valence electrons. The van der Waals surface area contributed by atoms with Crippen LogP contribution in [0.5, 0.6) is 0 Å². The zero-order chi connectivity index (χ0) is 14.4. The molecule has 2 aromatic carbocycles. The van der Waals surface area contributed by atoms with Crippen molar-refractivity contribution in [1.29, 1.82) is 0 Å². The summed E-state index contributed by atoms with van der Waals surface area (Å²) >= 11 is 5.03. The number of hydrogen-bond donors (Lipinski definition) is 1. The van der Waals surface area contributed by atoms with Gasteiger partial charge in [0, 0.05) is 15.9 Å². The molecule has 0 saturated carbocycles. The van der Waals surface area contributed by atoms with E-state index in [2.05, 4.69) is 33.4 Å². The second kappa shape index (κ2) is 7.50. The van der Waals surface area contributed by atoms with Gasteiger partial charge < -0.3 is 5.32 Å². The van der Waals surface area contributed by atoms with Crippen LogP contribution in [0.4, 0.5) is 5.69 Å². The van der Waals surface area contributed by atoms with Crippen molar-refractivity contribution in [2.24, 2.45) is 0 Å². The summed E-state index contributed by atoms with van der Waals surface area (Å²) in [4.78, 5) is 11.9. The number of nitrogens with one attached hydrogen (secondary N) is 1. The molecule has 0 bridgehead atoms. The minimum absolute atomic E-state index is 0.0383. The van der Waals surface area contributed by atoms with Gasteiger partial charge in [0.15, 0.2) is 0 Å². The molecule has 1 amide bonds. The maximum absolute atomic E-state index is 11.9. The van der Waals surface area contributed by atoms with E-state index in [1.807, 2.05) is 43.3 Å². The number of anilines is 1. The summed E-state index contributed by atoms with van der Waals surface area (Å²) in [5.41, 5.74) is 3.17. The van der Waals surface area contributed by atoms with E-state index in [9.17, 15) is 4.79 Å². The van der Waals surface area contributed by atoms with Crippen LogP contribution in [-0.2, 0) is 10.5 Å². The van der Waals surface area contributed by atoms with Crippen molar-refractivity contribution in [3.05, 3.63) is 64.1 Å². The lowest BCUT2D eigenvalue weighted by Crippen LogP contribution is -2.14. The average molecular weight is 350 g/mol.